The minimum atomic E-state index is -0.841. The monoisotopic (exact) mass is 1730 g/mol. The third-order valence-electron chi connectivity index (χ3n) is 16.5. The molecule has 9 rings (SSSR count). The number of nitrogens with zero attached hydrogens (tertiary/aromatic N) is 9. The molecule has 7 N–H and O–H groups in total. The minimum Gasteiger partial charge on any atom is -0.444 e. The van der Waals surface area contributed by atoms with Crippen LogP contribution in [0.2, 0.25) is 0 Å². The van der Waals surface area contributed by atoms with Crippen molar-refractivity contribution >= 4 is 117 Å². The van der Waals surface area contributed by atoms with E-state index < -0.39 is 24.3 Å². The fourth-order valence-corrected chi connectivity index (χ4v) is 13.8. The molecule has 1 radical (unpaired) electrons. The Kier molecular flexibility index (Phi) is 41.1. The van der Waals surface area contributed by atoms with Crippen LogP contribution in [0.1, 0.15) is 131 Å². The van der Waals surface area contributed by atoms with Gasteiger partial charge in [-0.15, -0.1) is 79.5 Å². The molecule has 4 aromatic carbocycles. The van der Waals surface area contributed by atoms with Crippen molar-refractivity contribution in [1.82, 2.24) is 81.2 Å². The van der Waals surface area contributed by atoms with Crippen molar-refractivity contribution in [3.05, 3.63) is 229 Å². The number of aryl methyl sites for hydroxylation is 1. The summed E-state index contributed by atoms with van der Waals surface area (Å²) < 4.78 is 12.8. The Hall–Kier alpha value is -7.36. The first-order valence-electron chi connectivity index (χ1n) is 34.4. The summed E-state index contributed by atoms with van der Waals surface area (Å²) in [7, 11) is 3.37. The largest absolute Gasteiger partial charge is 0.444 e. The van der Waals surface area contributed by atoms with Gasteiger partial charge in [0.1, 0.15) is 38.0 Å². The van der Waals surface area contributed by atoms with Gasteiger partial charge in [0.2, 0.25) is 11.8 Å². The van der Waals surface area contributed by atoms with Crippen LogP contribution in [-0.4, -0.2) is 137 Å². The number of aromatic nitrogens is 7. The SMILES string of the molecule is CC(C)c1nc(CN(C)C(=O)N[C@@H](CCNCl)C(=O)N[C@H](CC[C@H](Cc2ccccc2)NC(=O)OCc2cncs2)Cc2ccccc2)cs1.CC(C)c1nc(CN(C)C(=O)N[C@@H](CCn2cnnc2)C(=O)N[C@H](CC[C@H](Cc2ccccc2)NC(=O)OCc2cncs2)Cc2ccccc2)cs1.I.[CH3-].[Y]. The van der Waals surface area contributed by atoms with Crippen LogP contribution in [0.3, 0.4) is 0 Å². The number of ether oxygens (including phenoxy) is 2. The summed E-state index contributed by atoms with van der Waals surface area (Å²) in [5.74, 6) is -0.00461. The average Bonchev–Trinajstić information content (AvgIpc) is 1.25. The zero-order chi connectivity index (χ0) is 73.1. The maximum Gasteiger partial charge on any atom is 0.407 e. The summed E-state index contributed by atoms with van der Waals surface area (Å²) in [5, 5.41) is 32.1. The number of carbonyl (C=O) groups excluding carboxylic acids is 6. The van der Waals surface area contributed by atoms with Gasteiger partial charge in [0.05, 0.1) is 55.3 Å². The van der Waals surface area contributed by atoms with E-state index in [0.717, 1.165) is 53.4 Å². The number of amides is 8. The molecule has 0 aliphatic rings. The van der Waals surface area contributed by atoms with Crippen LogP contribution < -0.4 is 36.7 Å². The molecule has 0 unspecified atom stereocenters. The number of carbonyl (C=O) groups is 6. The molecule has 5 heterocycles. The molecule has 0 bridgehead atoms. The van der Waals surface area contributed by atoms with E-state index in [9.17, 15) is 28.8 Å². The van der Waals surface area contributed by atoms with Gasteiger partial charge in [-0.3, -0.25) is 19.6 Å². The van der Waals surface area contributed by atoms with Crippen LogP contribution in [0.4, 0.5) is 19.2 Å². The Labute approximate surface area is 685 Å². The average molecular weight is 1730 g/mol. The van der Waals surface area contributed by atoms with E-state index in [1.807, 2.05) is 132 Å². The number of hydrogen-bond acceptors (Lipinski definition) is 19. The molecule has 24 nitrogen and oxygen atoms in total. The Morgan fingerprint density at radius 2 is 0.840 bits per heavy atom. The van der Waals surface area contributed by atoms with Crippen LogP contribution >= 0.6 is 81.1 Å². The number of hydrogen-bond donors (Lipinski definition) is 7. The number of thiazole rings is 4. The maximum absolute atomic E-state index is 14.1. The van der Waals surface area contributed by atoms with Gasteiger partial charge in [-0.1, -0.05) is 149 Å². The number of rotatable bonds is 38. The van der Waals surface area contributed by atoms with Gasteiger partial charge in [0.15, 0.2) is 0 Å². The molecule has 9 aromatic rings. The van der Waals surface area contributed by atoms with E-state index in [2.05, 4.69) is 94.6 Å². The summed E-state index contributed by atoms with van der Waals surface area (Å²) in [4.78, 5) is 105. The third kappa shape index (κ3) is 32.6. The van der Waals surface area contributed by atoms with Gasteiger partial charge in [-0.05, 0) is 98.2 Å². The fourth-order valence-electron chi connectivity index (χ4n) is 11.0. The van der Waals surface area contributed by atoms with Gasteiger partial charge in [0.25, 0.3) is 0 Å². The first-order chi connectivity index (χ1) is 49.9. The number of urea groups is 2. The molecule has 6 atom stereocenters. The van der Waals surface area contributed by atoms with Gasteiger partial charge in [-0.25, -0.2) is 34.0 Å². The van der Waals surface area contributed by atoms with Crippen LogP contribution in [0.5, 0.6) is 0 Å². The Morgan fingerprint density at radius 3 is 1.16 bits per heavy atom. The molecular weight excluding hydrogens is 1630 g/mol. The van der Waals surface area contributed by atoms with Gasteiger partial charge in [-0.2, -0.15) is 0 Å². The zero-order valence-electron chi connectivity index (χ0n) is 60.9. The molecule has 567 valence electrons. The number of alkyl carbamates (subject to hydrolysis) is 2. The van der Waals surface area contributed by atoms with Crippen molar-refractivity contribution in [2.24, 2.45) is 0 Å². The molecule has 31 heteroatoms. The van der Waals surface area contributed by atoms with Crippen molar-refractivity contribution in [2.75, 3.05) is 20.6 Å². The van der Waals surface area contributed by atoms with Crippen molar-refractivity contribution < 1.29 is 71.0 Å². The zero-order valence-corrected chi connectivity index (χ0v) is 70.1. The second-order valence-electron chi connectivity index (χ2n) is 25.6. The smallest absolute Gasteiger partial charge is 0.407 e. The molecule has 0 spiro atoms. The molecule has 0 aliphatic heterocycles. The van der Waals surface area contributed by atoms with Crippen molar-refractivity contribution in [3.8, 4) is 0 Å². The first-order valence-corrected chi connectivity index (χ1v) is 38.3. The molecule has 5 aromatic heterocycles. The van der Waals surface area contributed by atoms with E-state index in [4.69, 9.17) is 21.3 Å². The fraction of sp³-hybridized carbons (Fsp3) is 0.400. The summed E-state index contributed by atoms with van der Waals surface area (Å²) >= 11 is 11.8. The van der Waals surface area contributed by atoms with E-state index in [1.165, 1.54) is 32.5 Å². The molecule has 0 aliphatic carbocycles. The molecule has 0 fully saturated rings. The summed E-state index contributed by atoms with van der Waals surface area (Å²) in [5.41, 5.74) is 9.25. The molecule has 106 heavy (non-hydrogen) atoms. The minimum absolute atomic E-state index is 0. The normalized spacial score (nSPS) is 12.5. The number of nitrogens with one attached hydrogen (secondary N) is 7. The summed E-state index contributed by atoms with van der Waals surface area (Å²) in [6.07, 6.45) is 10.7. The predicted octanol–water partition coefficient (Wildman–Crippen LogP) is 13.4. The quantitative estimate of drug-likeness (QED) is 0.0108. The van der Waals surface area contributed by atoms with E-state index >= 15 is 0 Å². The summed E-state index contributed by atoms with van der Waals surface area (Å²) in [6, 6.07) is 36.2. The van der Waals surface area contributed by atoms with Crippen LogP contribution in [0.25, 0.3) is 0 Å². The number of halogens is 2. The molecule has 0 saturated heterocycles. The van der Waals surface area contributed by atoms with Crippen LogP contribution in [-0.2, 0) is 110 Å². The molecule has 8 amide bonds. The molecular formula is C75H97ClIN16O8S4Y-. The van der Waals surface area contributed by atoms with Crippen LogP contribution in [0.15, 0.2) is 168 Å². The van der Waals surface area contributed by atoms with Crippen molar-refractivity contribution in [2.45, 2.75) is 173 Å². The Bertz CT molecular complexity index is 3930. The molecule has 0 saturated carbocycles. The predicted molar refractivity (Wildman–Crippen MR) is 426 cm³/mol. The van der Waals surface area contributed by atoms with E-state index in [-0.39, 0.29) is 132 Å². The van der Waals surface area contributed by atoms with Gasteiger partial charge >= 0.3 is 24.2 Å². The van der Waals surface area contributed by atoms with Crippen molar-refractivity contribution in [3.63, 3.8) is 0 Å². The second kappa shape index (κ2) is 48.8. The van der Waals surface area contributed by atoms with Gasteiger partial charge < -0.3 is 63.2 Å². The van der Waals surface area contributed by atoms with Crippen molar-refractivity contribution in [1.29, 1.82) is 0 Å². The van der Waals surface area contributed by atoms with E-state index in [1.54, 1.807) is 77.4 Å². The standard InChI is InChI=1S/C38H47N9O4S2.C36H46ClN7O4S2.CH3.HI.Y/c1-27(2)36-43-32(23-52-36)21-46(3)37(49)45-34(16-17-47-24-40-41-25-47)35(48)42-30(18-28-10-6-4-7-11-28)14-15-31(19-29-12-8-5-9-13-29)44-38(50)51-22-33-20-39-26-53-33;1-25(2)34-41-30(23-49-34)21-44(3)35(46)43-32(16-17-39-37)33(45)40-28(18-26-10-6-4-7-11-26)14-15-29(19-27-12-8-5-9-13-27)42-36(47)48-22-31-20-38-24-50-31;;;/h4-13,20,23-27,30-31,34H,14-19,21-22H2,1-3H3,(H,42,48)(H,44,50)(H,45,49);4-13,20,23-25,28-29,32,39H,14-19,21-22H2,1-3H3,(H,40,45)(H,42,47)(H,43,46);1H3;1H;/q;;-1;;/t30-,31-,34+;28-,29-,32+;;;/m11.../s1. The topological polar surface area (TPSA) is 294 Å². The van der Waals surface area contributed by atoms with Crippen LogP contribution in [0, 0.1) is 7.43 Å². The second-order valence-corrected chi connectivity index (χ2v) is 29.6. The Balaban J connectivity index is 0.000000371. The third-order valence-corrected chi connectivity index (χ3v) is 20.6. The Morgan fingerprint density at radius 1 is 0.491 bits per heavy atom. The maximum atomic E-state index is 14.1. The summed E-state index contributed by atoms with van der Waals surface area (Å²) in [6.45, 7) is 9.98. The van der Waals surface area contributed by atoms with E-state index in [0.29, 0.717) is 95.8 Å². The van der Waals surface area contributed by atoms with Gasteiger partial charge in [0, 0.05) is 119 Å². The number of benzene rings is 4. The first kappa shape index (κ1) is 89.3.